The van der Waals surface area contributed by atoms with E-state index < -0.39 is 4.92 Å². The number of nitro benzene ring substituents is 1. The van der Waals surface area contributed by atoms with Gasteiger partial charge in [-0.25, -0.2) is 4.39 Å². The highest BCUT2D eigenvalue weighted by Crippen LogP contribution is 2.23. The Balaban J connectivity index is 1.18. The van der Waals surface area contributed by atoms with Gasteiger partial charge in [0.05, 0.1) is 31.4 Å². The van der Waals surface area contributed by atoms with E-state index in [4.69, 9.17) is 20.2 Å². The van der Waals surface area contributed by atoms with E-state index in [2.05, 4.69) is 35.7 Å². The topological polar surface area (TPSA) is 186 Å². The summed E-state index contributed by atoms with van der Waals surface area (Å²) in [6, 6.07) is 20.0. The number of nitrogens with one attached hydrogen (secondary N) is 3. The molecule has 1 aliphatic heterocycles. The number of piperazine rings is 1. The molecule has 1 aromatic heterocycles. The fraction of sp³-hybridized carbons (Fsp3) is 0.353. The number of non-ortho nitro benzene ring substituents is 1. The van der Waals surface area contributed by atoms with Crippen molar-refractivity contribution in [2.75, 3.05) is 86.1 Å². The predicted molar refractivity (Wildman–Crippen MR) is 188 cm³/mol. The number of halogens is 1. The number of hydrogen-bond donors (Lipinski definition) is 4. The molecule has 264 valence electrons. The molecule has 0 atom stereocenters. The molecule has 0 bridgehead atoms. The fourth-order valence-corrected chi connectivity index (χ4v) is 5.10. The first-order valence-corrected chi connectivity index (χ1v) is 16.3. The molecular weight excluding hydrogens is 647 g/mol. The van der Waals surface area contributed by atoms with Gasteiger partial charge >= 0.3 is 0 Å². The molecule has 4 aromatic rings. The Morgan fingerprint density at radius 3 is 1.92 bits per heavy atom. The molecular formula is C34H41FN10O5. The van der Waals surface area contributed by atoms with Crippen LogP contribution in [0, 0.1) is 15.9 Å². The molecule has 16 heteroatoms. The summed E-state index contributed by atoms with van der Waals surface area (Å²) in [5.74, 6) is 0.713. The molecule has 1 amide bonds. The number of nitrogens with two attached hydrogens (primary N) is 1. The fourth-order valence-electron chi connectivity index (χ4n) is 5.10. The Labute approximate surface area is 289 Å². The van der Waals surface area contributed by atoms with E-state index in [1.54, 1.807) is 36.4 Å². The number of amides is 1. The predicted octanol–water partition coefficient (Wildman–Crippen LogP) is 3.19. The molecule has 0 unspecified atom stereocenters. The average Bonchev–Trinajstić information content (AvgIpc) is 3.15. The maximum Gasteiger partial charge on any atom is 0.269 e. The molecule has 1 aliphatic rings. The minimum absolute atomic E-state index is 0.0538. The van der Waals surface area contributed by atoms with Gasteiger partial charge in [-0.2, -0.15) is 15.0 Å². The zero-order chi connectivity index (χ0) is 35.1. The lowest BCUT2D eigenvalue weighted by molar-refractivity contribution is -0.384. The van der Waals surface area contributed by atoms with E-state index in [0.717, 1.165) is 16.8 Å². The van der Waals surface area contributed by atoms with Crippen molar-refractivity contribution in [3.63, 3.8) is 0 Å². The van der Waals surface area contributed by atoms with Gasteiger partial charge in [0.25, 0.3) is 11.6 Å². The van der Waals surface area contributed by atoms with E-state index in [0.29, 0.717) is 102 Å². The van der Waals surface area contributed by atoms with Crippen molar-refractivity contribution in [2.24, 2.45) is 5.73 Å². The van der Waals surface area contributed by atoms with Gasteiger partial charge in [0.1, 0.15) is 5.82 Å². The third-order valence-electron chi connectivity index (χ3n) is 7.81. The summed E-state index contributed by atoms with van der Waals surface area (Å²) in [5.41, 5.74) is 8.65. The second-order valence-electron chi connectivity index (χ2n) is 11.3. The van der Waals surface area contributed by atoms with Gasteiger partial charge in [0.15, 0.2) is 0 Å². The number of ether oxygens (including phenoxy) is 2. The van der Waals surface area contributed by atoms with Gasteiger partial charge in [-0.1, -0.05) is 24.3 Å². The number of nitro groups is 1. The van der Waals surface area contributed by atoms with E-state index in [1.807, 2.05) is 12.1 Å². The molecule has 50 heavy (non-hydrogen) atoms. The minimum Gasteiger partial charge on any atom is -0.378 e. The Morgan fingerprint density at radius 2 is 1.34 bits per heavy atom. The summed E-state index contributed by atoms with van der Waals surface area (Å²) >= 11 is 0. The van der Waals surface area contributed by atoms with Crippen molar-refractivity contribution in [3.8, 4) is 0 Å². The third-order valence-corrected chi connectivity index (χ3v) is 7.81. The molecule has 0 saturated carbocycles. The quantitative estimate of drug-likeness (QED) is 0.0679. The molecule has 5 N–H and O–H groups in total. The molecule has 5 rings (SSSR count). The van der Waals surface area contributed by atoms with Crippen LogP contribution in [0.1, 0.15) is 21.5 Å². The number of rotatable bonds is 18. The van der Waals surface area contributed by atoms with Crippen molar-refractivity contribution in [3.05, 3.63) is 105 Å². The SMILES string of the molecule is NCCOCCOCCNC(=O)c1ccc(CNc2nc(NCc3ccc(F)cc3)nc(N3CCN(c4ccc([N+](=O)[O-])cc4)CC3)n2)cc1. The summed E-state index contributed by atoms with van der Waals surface area (Å²) in [5, 5.41) is 20.4. The smallest absolute Gasteiger partial charge is 0.269 e. The van der Waals surface area contributed by atoms with Gasteiger partial charge in [-0.05, 0) is 47.5 Å². The third kappa shape index (κ3) is 10.8. The molecule has 2 heterocycles. The van der Waals surface area contributed by atoms with Crippen LogP contribution in [0.15, 0.2) is 72.8 Å². The van der Waals surface area contributed by atoms with E-state index in [-0.39, 0.29) is 17.4 Å². The zero-order valence-electron chi connectivity index (χ0n) is 27.6. The molecule has 3 aromatic carbocycles. The van der Waals surface area contributed by atoms with Crippen LogP contribution in [-0.2, 0) is 22.6 Å². The number of anilines is 4. The lowest BCUT2D eigenvalue weighted by Crippen LogP contribution is -2.47. The molecule has 15 nitrogen and oxygen atoms in total. The van der Waals surface area contributed by atoms with Crippen LogP contribution in [0.25, 0.3) is 0 Å². The van der Waals surface area contributed by atoms with Crippen molar-refractivity contribution < 1.29 is 23.6 Å². The summed E-state index contributed by atoms with van der Waals surface area (Å²) < 4.78 is 24.1. The summed E-state index contributed by atoms with van der Waals surface area (Å²) in [7, 11) is 0. The van der Waals surface area contributed by atoms with Crippen molar-refractivity contribution in [2.45, 2.75) is 13.1 Å². The van der Waals surface area contributed by atoms with Crippen LogP contribution in [-0.4, -0.2) is 91.5 Å². The van der Waals surface area contributed by atoms with Gasteiger partial charge in [0, 0.05) is 75.7 Å². The number of hydrogen-bond acceptors (Lipinski definition) is 13. The Hall–Kier alpha value is -5.45. The number of carbonyl (C=O) groups is 1. The molecule has 0 aliphatic carbocycles. The monoisotopic (exact) mass is 688 g/mol. The van der Waals surface area contributed by atoms with Crippen LogP contribution >= 0.6 is 0 Å². The lowest BCUT2D eigenvalue weighted by atomic mass is 10.1. The molecule has 1 fully saturated rings. The highest BCUT2D eigenvalue weighted by molar-refractivity contribution is 5.94. The Kier molecular flexibility index (Phi) is 13.2. The van der Waals surface area contributed by atoms with E-state index in [1.165, 1.54) is 24.3 Å². The maximum absolute atomic E-state index is 13.4. The van der Waals surface area contributed by atoms with Crippen LogP contribution < -0.4 is 31.5 Å². The molecule has 0 spiro atoms. The van der Waals surface area contributed by atoms with Gasteiger partial charge in [-0.3, -0.25) is 14.9 Å². The van der Waals surface area contributed by atoms with Crippen molar-refractivity contribution in [1.29, 1.82) is 0 Å². The first-order chi connectivity index (χ1) is 24.4. The second-order valence-corrected chi connectivity index (χ2v) is 11.3. The van der Waals surface area contributed by atoms with Crippen LogP contribution in [0.2, 0.25) is 0 Å². The Morgan fingerprint density at radius 1 is 0.780 bits per heavy atom. The number of benzene rings is 3. The summed E-state index contributed by atoms with van der Waals surface area (Å²) in [6.45, 7) is 5.98. The van der Waals surface area contributed by atoms with Gasteiger partial charge < -0.3 is 41.0 Å². The molecule has 0 radical (unpaired) electrons. The summed E-state index contributed by atoms with van der Waals surface area (Å²) in [6.07, 6.45) is 0. The number of nitrogens with zero attached hydrogens (tertiary/aromatic N) is 6. The van der Waals surface area contributed by atoms with E-state index >= 15 is 0 Å². The number of aromatic nitrogens is 3. The van der Waals surface area contributed by atoms with Crippen LogP contribution in [0.5, 0.6) is 0 Å². The first kappa shape index (κ1) is 35.8. The van der Waals surface area contributed by atoms with Crippen molar-refractivity contribution >= 4 is 35.1 Å². The minimum atomic E-state index is -0.409. The van der Waals surface area contributed by atoms with Gasteiger partial charge in [-0.15, -0.1) is 0 Å². The number of carbonyl (C=O) groups excluding carboxylic acids is 1. The zero-order valence-corrected chi connectivity index (χ0v) is 27.6. The Bertz CT molecular complexity index is 1670. The van der Waals surface area contributed by atoms with Crippen LogP contribution in [0.4, 0.5) is 33.6 Å². The highest BCUT2D eigenvalue weighted by atomic mass is 19.1. The normalized spacial score (nSPS) is 12.8. The summed E-state index contributed by atoms with van der Waals surface area (Å²) in [4.78, 5) is 41.4. The van der Waals surface area contributed by atoms with Crippen LogP contribution in [0.3, 0.4) is 0 Å². The first-order valence-electron chi connectivity index (χ1n) is 16.3. The molecule has 1 saturated heterocycles. The second kappa shape index (κ2) is 18.4. The highest BCUT2D eigenvalue weighted by Gasteiger charge is 2.21. The lowest BCUT2D eigenvalue weighted by Gasteiger charge is -2.36. The maximum atomic E-state index is 13.4. The largest absolute Gasteiger partial charge is 0.378 e. The van der Waals surface area contributed by atoms with Crippen molar-refractivity contribution in [1.82, 2.24) is 20.3 Å². The van der Waals surface area contributed by atoms with Gasteiger partial charge in [0.2, 0.25) is 17.8 Å². The standard InChI is InChI=1S/C34H41FN10O5/c35-28-7-3-26(4-8-28)24-39-33-40-32(38-23-25-1-5-27(6-2-25)31(46)37-14-20-50-22-21-49-19-13-36)41-34(42-33)44-17-15-43(16-18-44)29-9-11-30(12-10-29)45(47)48/h1-12H,13-24,36H2,(H,37,46)(H2,38,39,40,41,42). The van der Waals surface area contributed by atoms with E-state index in [9.17, 15) is 19.3 Å². The average molecular weight is 689 g/mol.